The highest BCUT2D eigenvalue weighted by atomic mass is 35.5. The van der Waals surface area contributed by atoms with Crippen molar-refractivity contribution in [1.29, 1.82) is 0 Å². The second-order valence-electron chi connectivity index (χ2n) is 5.13. The van der Waals surface area contributed by atoms with Crippen LogP contribution in [-0.2, 0) is 4.79 Å². The van der Waals surface area contributed by atoms with E-state index in [9.17, 15) is 4.79 Å². The van der Waals surface area contributed by atoms with E-state index in [1.165, 1.54) is 0 Å². The molecule has 2 aromatic rings. The molecular weight excluding hydrogens is 312 g/mol. The maximum atomic E-state index is 12.1. The minimum Gasteiger partial charge on any atom is -0.492 e. The molecule has 2 aromatic carbocycles. The smallest absolute Gasteiger partial charge is 0.238 e. The Labute approximate surface area is 141 Å². The number of rotatable bonds is 7. The number of carbonyl (C=O) groups is 1. The van der Waals surface area contributed by atoms with Gasteiger partial charge in [-0.1, -0.05) is 35.9 Å². The predicted octanol–water partition coefficient (Wildman–Crippen LogP) is 4.03. The number of hydrogen-bond acceptors (Lipinski definition) is 3. The molecule has 122 valence electrons. The first-order valence-corrected chi connectivity index (χ1v) is 7.98. The van der Waals surface area contributed by atoms with E-state index in [2.05, 4.69) is 10.6 Å². The highest BCUT2D eigenvalue weighted by Crippen LogP contribution is 2.23. The Morgan fingerprint density at radius 2 is 2.00 bits per heavy atom. The molecule has 5 heteroatoms. The summed E-state index contributed by atoms with van der Waals surface area (Å²) in [4.78, 5) is 12.1. The minimum atomic E-state index is -0.119. The zero-order chi connectivity index (χ0) is 16.7. The Morgan fingerprint density at radius 1 is 1.22 bits per heavy atom. The van der Waals surface area contributed by atoms with Gasteiger partial charge in [-0.3, -0.25) is 4.79 Å². The lowest BCUT2D eigenvalue weighted by molar-refractivity contribution is -0.115. The van der Waals surface area contributed by atoms with E-state index in [1.807, 2.05) is 62.4 Å². The van der Waals surface area contributed by atoms with Gasteiger partial charge in [0.1, 0.15) is 5.75 Å². The van der Waals surface area contributed by atoms with Gasteiger partial charge in [-0.05, 0) is 43.7 Å². The fourth-order valence-electron chi connectivity index (χ4n) is 2.19. The Bertz CT molecular complexity index is 661. The molecule has 0 aliphatic heterocycles. The van der Waals surface area contributed by atoms with Gasteiger partial charge < -0.3 is 15.4 Å². The van der Waals surface area contributed by atoms with E-state index < -0.39 is 0 Å². The zero-order valence-electron chi connectivity index (χ0n) is 13.3. The van der Waals surface area contributed by atoms with Crippen molar-refractivity contribution in [1.82, 2.24) is 5.32 Å². The van der Waals surface area contributed by atoms with Crippen LogP contribution >= 0.6 is 11.6 Å². The van der Waals surface area contributed by atoms with E-state index in [0.29, 0.717) is 23.1 Å². The Hall–Kier alpha value is -2.04. The molecule has 0 spiro atoms. The summed E-state index contributed by atoms with van der Waals surface area (Å²) in [6.45, 7) is 4.66. The number of nitrogens with one attached hydrogen (secondary N) is 2. The van der Waals surface area contributed by atoms with Gasteiger partial charge in [-0.15, -0.1) is 0 Å². The van der Waals surface area contributed by atoms with Crippen LogP contribution in [-0.4, -0.2) is 19.1 Å². The second kappa shape index (κ2) is 8.56. The van der Waals surface area contributed by atoms with Gasteiger partial charge in [0.05, 0.1) is 18.8 Å². The van der Waals surface area contributed by atoms with Crippen LogP contribution in [0.5, 0.6) is 5.75 Å². The van der Waals surface area contributed by atoms with Crippen molar-refractivity contribution in [2.45, 2.75) is 19.9 Å². The maximum absolute atomic E-state index is 12.1. The molecular formula is C18H21ClN2O2. The van der Waals surface area contributed by atoms with E-state index in [1.54, 1.807) is 0 Å². The number of hydrogen-bond donors (Lipinski definition) is 2. The van der Waals surface area contributed by atoms with Crippen LogP contribution in [0.15, 0.2) is 48.5 Å². The number of ether oxygens (including phenoxy) is 1. The summed E-state index contributed by atoms with van der Waals surface area (Å²) >= 11 is 5.99. The van der Waals surface area contributed by atoms with E-state index >= 15 is 0 Å². The highest BCUT2D eigenvalue weighted by Gasteiger charge is 2.10. The third kappa shape index (κ3) is 5.27. The van der Waals surface area contributed by atoms with Gasteiger partial charge in [0, 0.05) is 11.1 Å². The van der Waals surface area contributed by atoms with Crippen molar-refractivity contribution in [2.24, 2.45) is 0 Å². The van der Waals surface area contributed by atoms with Crippen LogP contribution in [0.3, 0.4) is 0 Å². The molecule has 0 saturated heterocycles. The SMILES string of the molecule is CCOc1ccccc1NC(=O)CN[C@@H](C)c1cccc(Cl)c1. The Morgan fingerprint density at radius 3 is 2.74 bits per heavy atom. The molecule has 0 unspecified atom stereocenters. The molecule has 0 heterocycles. The van der Waals surface area contributed by atoms with Crippen molar-refractivity contribution in [3.8, 4) is 5.75 Å². The number of para-hydroxylation sites is 2. The number of benzene rings is 2. The van der Waals surface area contributed by atoms with Crippen LogP contribution in [0.1, 0.15) is 25.5 Å². The van der Waals surface area contributed by atoms with Gasteiger partial charge >= 0.3 is 0 Å². The predicted molar refractivity (Wildman–Crippen MR) is 94.1 cm³/mol. The van der Waals surface area contributed by atoms with E-state index in [-0.39, 0.29) is 18.5 Å². The molecule has 0 saturated carbocycles. The Balaban J connectivity index is 1.90. The van der Waals surface area contributed by atoms with Crippen molar-refractivity contribution in [2.75, 3.05) is 18.5 Å². The zero-order valence-corrected chi connectivity index (χ0v) is 14.1. The van der Waals surface area contributed by atoms with Crippen molar-refractivity contribution in [3.05, 3.63) is 59.1 Å². The normalized spacial score (nSPS) is 11.8. The molecule has 2 rings (SSSR count). The quantitative estimate of drug-likeness (QED) is 0.805. The first-order valence-electron chi connectivity index (χ1n) is 7.60. The number of amides is 1. The summed E-state index contributed by atoms with van der Waals surface area (Å²) < 4.78 is 5.50. The molecule has 23 heavy (non-hydrogen) atoms. The molecule has 0 radical (unpaired) electrons. The first-order chi connectivity index (χ1) is 11.1. The third-order valence-corrected chi connectivity index (χ3v) is 3.61. The summed E-state index contributed by atoms with van der Waals surface area (Å²) in [6, 6.07) is 15.0. The Kier molecular flexibility index (Phi) is 6.44. The van der Waals surface area contributed by atoms with E-state index in [4.69, 9.17) is 16.3 Å². The summed E-state index contributed by atoms with van der Waals surface area (Å²) in [5.74, 6) is 0.553. The van der Waals surface area contributed by atoms with Crippen LogP contribution in [0.25, 0.3) is 0 Å². The van der Waals surface area contributed by atoms with Gasteiger partial charge in [-0.25, -0.2) is 0 Å². The summed E-state index contributed by atoms with van der Waals surface area (Å²) in [7, 11) is 0. The van der Waals surface area contributed by atoms with Gasteiger partial charge in [0.2, 0.25) is 5.91 Å². The summed E-state index contributed by atoms with van der Waals surface area (Å²) in [5, 5.41) is 6.73. The fourth-order valence-corrected chi connectivity index (χ4v) is 2.38. The van der Waals surface area contributed by atoms with Crippen LogP contribution in [0.2, 0.25) is 5.02 Å². The molecule has 2 N–H and O–H groups in total. The molecule has 0 fully saturated rings. The summed E-state index contributed by atoms with van der Waals surface area (Å²) in [5.41, 5.74) is 1.72. The lowest BCUT2D eigenvalue weighted by Gasteiger charge is -2.15. The topological polar surface area (TPSA) is 50.4 Å². The lowest BCUT2D eigenvalue weighted by Crippen LogP contribution is -2.30. The largest absolute Gasteiger partial charge is 0.492 e. The van der Waals surface area contributed by atoms with Crippen molar-refractivity contribution >= 4 is 23.2 Å². The van der Waals surface area contributed by atoms with Crippen LogP contribution in [0, 0.1) is 0 Å². The van der Waals surface area contributed by atoms with Gasteiger partial charge in [0.15, 0.2) is 0 Å². The van der Waals surface area contributed by atoms with Gasteiger partial charge in [0.25, 0.3) is 0 Å². The number of halogens is 1. The standard InChI is InChI=1S/C18H21ClN2O2/c1-3-23-17-10-5-4-9-16(17)21-18(22)12-20-13(2)14-7-6-8-15(19)11-14/h4-11,13,20H,3,12H2,1-2H3,(H,21,22)/t13-/m0/s1. The average molecular weight is 333 g/mol. The first kappa shape index (κ1) is 17.3. The maximum Gasteiger partial charge on any atom is 0.238 e. The lowest BCUT2D eigenvalue weighted by atomic mass is 10.1. The van der Waals surface area contributed by atoms with Crippen molar-refractivity contribution < 1.29 is 9.53 Å². The van der Waals surface area contributed by atoms with E-state index in [0.717, 1.165) is 5.56 Å². The highest BCUT2D eigenvalue weighted by molar-refractivity contribution is 6.30. The monoisotopic (exact) mass is 332 g/mol. The molecule has 1 atom stereocenters. The molecule has 4 nitrogen and oxygen atoms in total. The fraction of sp³-hybridized carbons (Fsp3) is 0.278. The molecule has 0 bridgehead atoms. The van der Waals surface area contributed by atoms with Crippen LogP contribution in [0.4, 0.5) is 5.69 Å². The molecule has 0 aliphatic carbocycles. The molecule has 0 aromatic heterocycles. The summed E-state index contributed by atoms with van der Waals surface area (Å²) in [6.07, 6.45) is 0. The average Bonchev–Trinajstić information content (AvgIpc) is 2.54. The number of carbonyl (C=O) groups excluding carboxylic acids is 1. The number of anilines is 1. The van der Waals surface area contributed by atoms with Crippen LogP contribution < -0.4 is 15.4 Å². The second-order valence-corrected chi connectivity index (χ2v) is 5.57. The molecule has 0 aliphatic rings. The van der Waals surface area contributed by atoms with Gasteiger partial charge in [-0.2, -0.15) is 0 Å². The third-order valence-electron chi connectivity index (χ3n) is 3.38. The van der Waals surface area contributed by atoms with Crippen molar-refractivity contribution in [3.63, 3.8) is 0 Å². The molecule has 1 amide bonds. The minimum absolute atomic E-state index is 0.0292.